The summed E-state index contributed by atoms with van der Waals surface area (Å²) in [5, 5.41) is 5.83. The number of aromatic nitrogens is 1. The highest BCUT2D eigenvalue weighted by atomic mass is 32.1. The maximum absolute atomic E-state index is 12.4. The van der Waals surface area contributed by atoms with Crippen molar-refractivity contribution < 1.29 is 9.53 Å². The van der Waals surface area contributed by atoms with Crippen LogP contribution in [0.25, 0.3) is 0 Å². The van der Waals surface area contributed by atoms with Crippen molar-refractivity contribution in [2.75, 3.05) is 11.9 Å². The molecule has 1 aromatic carbocycles. The fourth-order valence-corrected chi connectivity index (χ4v) is 2.66. The van der Waals surface area contributed by atoms with Crippen LogP contribution < -0.4 is 5.32 Å². The lowest BCUT2D eigenvalue weighted by atomic mass is 10.0. The SMILES string of the molecule is CCOC(=O)C(C)(Nc1ccccc1C)c1nccs1. The summed E-state index contributed by atoms with van der Waals surface area (Å²) in [5.74, 6) is -0.321. The third-order valence-corrected chi connectivity index (χ3v) is 4.07. The first-order valence-electron chi connectivity index (χ1n) is 6.49. The largest absolute Gasteiger partial charge is 0.464 e. The second kappa shape index (κ2) is 6.05. The molecule has 0 radical (unpaired) electrons. The van der Waals surface area contributed by atoms with Crippen LogP contribution in [-0.2, 0) is 15.1 Å². The van der Waals surface area contributed by atoms with Gasteiger partial charge in [-0.3, -0.25) is 0 Å². The van der Waals surface area contributed by atoms with Crippen LogP contribution in [0.5, 0.6) is 0 Å². The molecule has 1 aromatic heterocycles. The molecule has 1 N–H and O–H groups in total. The van der Waals surface area contributed by atoms with E-state index in [1.54, 1.807) is 20.0 Å². The van der Waals surface area contributed by atoms with Crippen LogP contribution in [-0.4, -0.2) is 17.6 Å². The third kappa shape index (κ3) is 2.82. The summed E-state index contributed by atoms with van der Waals surface area (Å²) in [6, 6.07) is 7.84. The van der Waals surface area contributed by atoms with Crippen molar-refractivity contribution in [2.24, 2.45) is 0 Å². The quantitative estimate of drug-likeness (QED) is 0.858. The van der Waals surface area contributed by atoms with Crippen LogP contribution in [0.2, 0.25) is 0 Å². The van der Waals surface area contributed by atoms with Crippen molar-refractivity contribution in [2.45, 2.75) is 26.3 Å². The molecule has 20 heavy (non-hydrogen) atoms. The molecule has 0 aliphatic heterocycles. The molecule has 1 unspecified atom stereocenters. The molecule has 0 saturated carbocycles. The fraction of sp³-hybridized carbons (Fsp3) is 0.333. The molecule has 2 aromatic rings. The summed E-state index contributed by atoms with van der Waals surface area (Å²) < 4.78 is 5.21. The summed E-state index contributed by atoms with van der Waals surface area (Å²) >= 11 is 1.43. The Hall–Kier alpha value is -1.88. The van der Waals surface area contributed by atoms with Crippen LogP contribution in [0.4, 0.5) is 5.69 Å². The maximum Gasteiger partial charge on any atom is 0.338 e. The van der Waals surface area contributed by atoms with E-state index < -0.39 is 5.54 Å². The number of hydrogen-bond donors (Lipinski definition) is 1. The number of para-hydroxylation sites is 1. The Bertz CT molecular complexity index is 583. The van der Waals surface area contributed by atoms with E-state index in [0.29, 0.717) is 11.6 Å². The number of aryl methyl sites for hydroxylation is 1. The summed E-state index contributed by atoms with van der Waals surface area (Å²) in [7, 11) is 0. The number of benzene rings is 1. The van der Waals surface area contributed by atoms with Crippen LogP contribution in [0.15, 0.2) is 35.8 Å². The number of carbonyl (C=O) groups excluding carboxylic acids is 1. The van der Waals surface area contributed by atoms with Gasteiger partial charge in [0, 0.05) is 17.3 Å². The highest BCUT2D eigenvalue weighted by Gasteiger charge is 2.39. The van der Waals surface area contributed by atoms with E-state index in [4.69, 9.17) is 4.74 Å². The topological polar surface area (TPSA) is 51.2 Å². The number of rotatable bonds is 5. The minimum Gasteiger partial charge on any atom is -0.464 e. The molecule has 2 rings (SSSR count). The molecule has 0 amide bonds. The second-order valence-electron chi connectivity index (χ2n) is 4.62. The van der Waals surface area contributed by atoms with Gasteiger partial charge in [0.1, 0.15) is 5.01 Å². The zero-order chi connectivity index (χ0) is 14.6. The number of anilines is 1. The molecule has 0 bridgehead atoms. The van der Waals surface area contributed by atoms with Crippen molar-refractivity contribution in [1.82, 2.24) is 4.98 Å². The standard InChI is InChI=1S/C15H18N2O2S/c1-4-19-14(18)15(3,13-16-9-10-20-13)17-12-8-6-5-7-11(12)2/h5-10,17H,4H2,1-3H3. The molecular formula is C15H18N2O2S. The van der Waals surface area contributed by atoms with Gasteiger partial charge in [-0.1, -0.05) is 18.2 Å². The number of nitrogens with zero attached hydrogens (tertiary/aromatic N) is 1. The molecule has 5 heteroatoms. The molecule has 0 fully saturated rings. The first-order valence-corrected chi connectivity index (χ1v) is 7.37. The number of nitrogens with one attached hydrogen (secondary N) is 1. The Morgan fingerprint density at radius 2 is 2.20 bits per heavy atom. The van der Waals surface area contributed by atoms with Gasteiger partial charge < -0.3 is 10.1 Å². The minimum absolute atomic E-state index is 0.321. The highest BCUT2D eigenvalue weighted by molar-refractivity contribution is 7.09. The van der Waals surface area contributed by atoms with Gasteiger partial charge in [-0.15, -0.1) is 11.3 Å². The van der Waals surface area contributed by atoms with Gasteiger partial charge in [-0.05, 0) is 32.4 Å². The highest BCUT2D eigenvalue weighted by Crippen LogP contribution is 2.30. The van der Waals surface area contributed by atoms with Crippen molar-refractivity contribution in [3.63, 3.8) is 0 Å². The lowest BCUT2D eigenvalue weighted by Gasteiger charge is -2.28. The summed E-state index contributed by atoms with van der Waals surface area (Å²) in [6.07, 6.45) is 1.69. The van der Waals surface area contributed by atoms with E-state index in [-0.39, 0.29) is 5.97 Å². The van der Waals surface area contributed by atoms with Gasteiger partial charge in [-0.25, -0.2) is 9.78 Å². The zero-order valence-electron chi connectivity index (χ0n) is 11.8. The van der Waals surface area contributed by atoms with E-state index in [2.05, 4.69) is 10.3 Å². The van der Waals surface area contributed by atoms with Gasteiger partial charge in [-0.2, -0.15) is 0 Å². The van der Waals surface area contributed by atoms with Crippen molar-refractivity contribution in [1.29, 1.82) is 0 Å². The van der Waals surface area contributed by atoms with Crippen molar-refractivity contribution in [3.8, 4) is 0 Å². The van der Waals surface area contributed by atoms with E-state index in [9.17, 15) is 4.79 Å². The Kier molecular flexibility index (Phi) is 4.39. The van der Waals surface area contributed by atoms with E-state index in [1.165, 1.54) is 11.3 Å². The number of carbonyl (C=O) groups is 1. The van der Waals surface area contributed by atoms with Gasteiger partial charge >= 0.3 is 5.97 Å². The number of hydrogen-bond acceptors (Lipinski definition) is 5. The molecule has 0 aliphatic rings. The molecule has 0 aliphatic carbocycles. The fourth-order valence-electron chi connectivity index (χ4n) is 1.92. The Labute approximate surface area is 122 Å². The molecule has 0 spiro atoms. The van der Waals surface area contributed by atoms with Crippen molar-refractivity contribution >= 4 is 23.0 Å². The van der Waals surface area contributed by atoms with E-state index in [1.807, 2.05) is 36.6 Å². The van der Waals surface area contributed by atoms with Gasteiger partial charge in [0.2, 0.25) is 0 Å². The Morgan fingerprint density at radius 3 is 2.80 bits per heavy atom. The predicted octanol–water partition coefficient (Wildman–Crippen LogP) is 3.34. The monoisotopic (exact) mass is 290 g/mol. The van der Waals surface area contributed by atoms with Gasteiger partial charge in [0.15, 0.2) is 5.54 Å². The zero-order valence-corrected chi connectivity index (χ0v) is 12.7. The van der Waals surface area contributed by atoms with E-state index >= 15 is 0 Å². The second-order valence-corrected chi connectivity index (χ2v) is 5.52. The number of esters is 1. The van der Waals surface area contributed by atoms with Crippen LogP contribution in [0, 0.1) is 6.92 Å². The van der Waals surface area contributed by atoms with Crippen LogP contribution in [0.3, 0.4) is 0 Å². The molecule has 4 nitrogen and oxygen atoms in total. The molecular weight excluding hydrogens is 272 g/mol. The minimum atomic E-state index is -0.976. The predicted molar refractivity (Wildman–Crippen MR) is 80.9 cm³/mol. The van der Waals surface area contributed by atoms with Gasteiger partial charge in [0.25, 0.3) is 0 Å². The third-order valence-electron chi connectivity index (χ3n) is 3.07. The maximum atomic E-state index is 12.4. The first kappa shape index (κ1) is 14.5. The number of thiazole rings is 1. The summed E-state index contributed by atoms with van der Waals surface area (Å²) in [5.41, 5.74) is 0.994. The Balaban J connectivity index is 2.38. The lowest BCUT2D eigenvalue weighted by Crippen LogP contribution is -2.42. The average Bonchev–Trinajstić information content (AvgIpc) is 2.96. The summed E-state index contributed by atoms with van der Waals surface area (Å²) in [6.45, 7) is 5.94. The van der Waals surface area contributed by atoms with E-state index in [0.717, 1.165) is 11.3 Å². The molecule has 106 valence electrons. The average molecular weight is 290 g/mol. The van der Waals surface area contributed by atoms with Crippen LogP contribution in [0.1, 0.15) is 24.4 Å². The number of ether oxygens (including phenoxy) is 1. The van der Waals surface area contributed by atoms with Crippen molar-refractivity contribution in [3.05, 3.63) is 46.4 Å². The molecule has 1 atom stereocenters. The summed E-state index contributed by atoms with van der Waals surface area (Å²) in [4.78, 5) is 16.6. The normalized spacial score (nSPS) is 13.6. The Morgan fingerprint density at radius 1 is 1.45 bits per heavy atom. The molecule has 1 heterocycles. The van der Waals surface area contributed by atoms with Gasteiger partial charge in [0.05, 0.1) is 6.61 Å². The lowest BCUT2D eigenvalue weighted by molar-refractivity contribution is -0.148. The molecule has 0 saturated heterocycles. The van der Waals surface area contributed by atoms with Crippen LogP contribution >= 0.6 is 11.3 Å². The first-order chi connectivity index (χ1) is 9.58. The smallest absolute Gasteiger partial charge is 0.338 e.